The van der Waals surface area contributed by atoms with Crippen molar-refractivity contribution in [1.82, 2.24) is 10.3 Å². The summed E-state index contributed by atoms with van der Waals surface area (Å²) < 4.78 is 14.5. The molecule has 7 heteroatoms. The summed E-state index contributed by atoms with van der Waals surface area (Å²) >= 11 is 1.27. The van der Waals surface area contributed by atoms with Gasteiger partial charge in [0.25, 0.3) is 11.8 Å². The second-order valence-corrected chi connectivity index (χ2v) is 8.41. The van der Waals surface area contributed by atoms with E-state index in [1.54, 1.807) is 6.92 Å². The number of amides is 2. The Labute approximate surface area is 172 Å². The summed E-state index contributed by atoms with van der Waals surface area (Å²) in [5, 5.41) is 6.43. The molecule has 2 amide bonds. The molecule has 0 radical (unpaired) electrons. The van der Waals surface area contributed by atoms with E-state index in [0.29, 0.717) is 16.1 Å². The molecule has 2 aromatic carbocycles. The lowest BCUT2D eigenvalue weighted by Gasteiger charge is -2.12. The first-order chi connectivity index (χ1) is 13.9. The number of nitrogens with one attached hydrogen (secondary N) is 2. The third-order valence-corrected chi connectivity index (χ3v) is 5.90. The standard InChI is InChI=1S/C22H20FN3O2S/c1-12-8-17(23)16(10-18(12)25-22(28)20-11-24-13(2)29-20)21(27)26-19-9-15(19)14-6-4-3-5-7-14/h3-8,10-11,15,19H,9H2,1-2H3,(H,25,28)(H,26,27)/t15-,19+/m1/s1. The highest BCUT2D eigenvalue weighted by Gasteiger charge is 2.39. The maximum atomic E-state index is 14.5. The minimum atomic E-state index is -0.608. The van der Waals surface area contributed by atoms with Crippen molar-refractivity contribution in [3.05, 3.63) is 81.1 Å². The summed E-state index contributed by atoms with van der Waals surface area (Å²) in [7, 11) is 0. The predicted molar refractivity (Wildman–Crippen MR) is 111 cm³/mol. The SMILES string of the molecule is Cc1ncc(C(=O)Nc2cc(C(=O)N[C@H]3C[C@@H]3c3ccccc3)c(F)cc2C)s1. The minimum Gasteiger partial charge on any atom is -0.349 e. The molecule has 0 bridgehead atoms. The summed E-state index contributed by atoms with van der Waals surface area (Å²) in [5.41, 5.74) is 2.03. The molecule has 4 rings (SSSR count). The molecule has 1 heterocycles. The van der Waals surface area contributed by atoms with Gasteiger partial charge >= 0.3 is 0 Å². The van der Waals surface area contributed by atoms with Gasteiger partial charge in [0, 0.05) is 17.6 Å². The van der Waals surface area contributed by atoms with Gasteiger partial charge in [-0.1, -0.05) is 30.3 Å². The molecule has 1 saturated carbocycles. The van der Waals surface area contributed by atoms with Crippen molar-refractivity contribution in [3.8, 4) is 0 Å². The minimum absolute atomic E-state index is 0.0104. The number of halogens is 1. The van der Waals surface area contributed by atoms with E-state index in [2.05, 4.69) is 15.6 Å². The smallest absolute Gasteiger partial charge is 0.267 e. The van der Waals surface area contributed by atoms with E-state index in [1.807, 2.05) is 37.3 Å². The normalized spacial score (nSPS) is 17.6. The molecule has 3 aromatic rings. The van der Waals surface area contributed by atoms with Crippen LogP contribution in [0, 0.1) is 19.7 Å². The quantitative estimate of drug-likeness (QED) is 0.655. The van der Waals surface area contributed by atoms with Crippen molar-refractivity contribution in [2.45, 2.75) is 32.2 Å². The Hall–Kier alpha value is -3.06. The van der Waals surface area contributed by atoms with Crippen LogP contribution in [-0.2, 0) is 0 Å². The monoisotopic (exact) mass is 409 g/mol. The van der Waals surface area contributed by atoms with Crippen molar-refractivity contribution >= 4 is 28.8 Å². The van der Waals surface area contributed by atoms with Gasteiger partial charge in [-0.2, -0.15) is 0 Å². The van der Waals surface area contributed by atoms with E-state index in [4.69, 9.17) is 0 Å². The number of carbonyl (C=O) groups excluding carboxylic acids is 2. The molecule has 1 fully saturated rings. The van der Waals surface area contributed by atoms with Crippen LogP contribution < -0.4 is 10.6 Å². The lowest BCUT2D eigenvalue weighted by Crippen LogP contribution is -2.27. The van der Waals surface area contributed by atoms with Gasteiger partial charge in [-0.05, 0) is 43.5 Å². The molecule has 148 valence electrons. The van der Waals surface area contributed by atoms with Gasteiger partial charge in [0.15, 0.2) is 0 Å². The number of carbonyl (C=O) groups is 2. The lowest BCUT2D eigenvalue weighted by molar-refractivity contribution is 0.0945. The van der Waals surface area contributed by atoms with Crippen LogP contribution in [0.5, 0.6) is 0 Å². The molecule has 1 aliphatic carbocycles. The summed E-state index contributed by atoms with van der Waals surface area (Å²) in [4.78, 5) is 29.6. The molecule has 0 spiro atoms. The zero-order chi connectivity index (χ0) is 20.5. The van der Waals surface area contributed by atoms with E-state index < -0.39 is 11.7 Å². The fraction of sp³-hybridized carbons (Fsp3) is 0.227. The van der Waals surface area contributed by atoms with Gasteiger partial charge in [-0.25, -0.2) is 9.37 Å². The predicted octanol–water partition coefficient (Wildman–Crippen LogP) is 4.44. The van der Waals surface area contributed by atoms with Crippen LogP contribution in [0.1, 0.15) is 48.5 Å². The average Bonchev–Trinajstić information content (AvgIpc) is 3.32. The molecule has 2 atom stereocenters. The van der Waals surface area contributed by atoms with Gasteiger partial charge in [-0.15, -0.1) is 11.3 Å². The van der Waals surface area contributed by atoms with Gasteiger partial charge < -0.3 is 10.6 Å². The summed E-state index contributed by atoms with van der Waals surface area (Å²) in [6, 6.07) is 12.6. The number of nitrogens with zero attached hydrogens (tertiary/aromatic N) is 1. The molecule has 1 aromatic heterocycles. The van der Waals surface area contributed by atoms with Gasteiger partial charge in [0.1, 0.15) is 10.7 Å². The number of rotatable bonds is 5. The first kappa shape index (κ1) is 19.3. The van der Waals surface area contributed by atoms with Gasteiger partial charge in [0.2, 0.25) is 0 Å². The van der Waals surface area contributed by atoms with Crippen molar-refractivity contribution in [3.63, 3.8) is 0 Å². The van der Waals surface area contributed by atoms with Crippen molar-refractivity contribution in [2.24, 2.45) is 0 Å². The Morgan fingerprint density at radius 2 is 1.90 bits per heavy atom. The third-order valence-electron chi connectivity index (χ3n) is 4.99. The van der Waals surface area contributed by atoms with Crippen molar-refractivity contribution in [1.29, 1.82) is 0 Å². The fourth-order valence-electron chi connectivity index (χ4n) is 3.30. The lowest BCUT2D eigenvalue weighted by atomic mass is 10.1. The summed E-state index contributed by atoms with van der Waals surface area (Å²) in [5.74, 6) is -1.16. The molecule has 2 N–H and O–H groups in total. The Balaban J connectivity index is 1.48. The van der Waals surface area contributed by atoms with Crippen molar-refractivity contribution < 1.29 is 14.0 Å². The molecule has 0 unspecified atom stereocenters. The zero-order valence-electron chi connectivity index (χ0n) is 16.0. The molecule has 1 aliphatic rings. The number of anilines is 1. The molecule has 0 aliphatic heterocycles. The maximum absolute atomic E-state index is 14.5. The number of hydrogen-bond donors (Lipinski definition) is 2. The summed E-state index contributed by atoms with van der Waals surface area (Å²) in [6.45, 7) is 3.50. The number of benzene rings is 2. The topological polar surface area (TPSA) is 71.1 Å². The van der Waals surface area contributed by atoms with E-state index in [9.17, 15) is 14.0 Å². The second kappa shape index (κ2) is 7.75. The first-order valence-electron chi connectivity index (χ1n) is 9.32. The van der Waals surface area contributed by atoms with Crippen molar-refractivity contribution in [2.75, 3.05) is 5.32 Å². The molecule has 5 nitrogen and oxygen atoms in total. The Kier molecular flexibility index (Phi) is 5.15. The Bertz CT molecular complexity index is 1080. The highest BCUT2D eigenvalue weighted by atomic mass is 32.1. The Morgan fingerprint density at radius 3 is 2.59 bits per heavy atom. The van der Waals surface area contributed by atoms with Crippen LogP contribution in [0.2, 0.25) is 0 Å². The summed E-state index contributed by atoms with van der Waals surface area (Å²) in [6.07, 6.45) is 2.33. The van der Waals surface area contributed by atoms with Crippen LogP contribution in [0.15, 0.2) is 48.7 Å². The number of aryl methyl sites for hydroxylation is 2. The van der Waals surface area contributed by atoms with Crippen LogP contribution >= 0.6 is 11.3 Å². The van der Waals surface area contributed by atoms with Crippen LogP contribution in [0.25, 0.3) is 0 Å². The van der Waals surface area contributed by atoms with Gasteiger partial charge in [0.05, 0.1) is 16.8 Å². The maximum Gasteiger partial charge on any atom is 0.267 e. The van der Waals surface area contributed by atoms with E-state index in [-0.39, 0.29) is 23.4 Å². The largest absolute Gasteiger partial charge is 0.349 e. The van der Waals surface area contributed by atoms with E-state index in [0.717, 1.165) is 17.0 Å². The van der Waals surface area contributed by atoms with E-state index in [1.165, 1.54) is 29.7 Å². The second-order valence-electron chi connectivity index (χ2n) is 7.18. The van der Waals surface area contributed by atoms with Gasteiger partial charge in [-0.3, -0.25) is 9.59 Å². The molecule has 29 heavy (non-hydrogen) atoms. The highest BCUT2D eigenvalue weighted by molar-refractivity contribution is 7.13. The average molecular weight is 409 g/mol. The number of hydrogen-bond acceptors (Lipinski definition) is 4. The molecule has 0 saturated heterocycles. The fourth-order valence-corrected chi connectivity index (χ4v) is 3.97. The highest BCUT2D eigenvalue weighted by Crippen LogP contribution is 2.40. The zero-order valence-corrected chi connectivity index (χ0v) is 16.8. The van der Waals surface area contributed by atoms with Crippen LogP contribution in [0.4, 0.5) is 10.1 Å². The molecular formula is C22H20FN3O2S. The number of aromatic nitrogens is 1. The third kappa shape index (κ3) is 4.19. The number of thiazole rings is 1. The van der Waals surface area contributed by atoms with Crippen LogP contribution in [-0.4, -0.2) is 22.8 Å². The molecular weight excluding hydrogens is 389 g/mol. The van der Waals surface area contributed by atoms with Crippen LogP contribution in [0.3, 0.4) is 0 Å². The van der Waals surface area contributed by atoms with E-state index >= 15 is 0 Å². The Morgan fingerprint density at radius 1 is 1.14 bits per heavy atom. The first-order valence-corrected chi connectivity index (χ1v) is 10.1.